The third-order valence-electron chi connectivity index (χ3n) is 3.41. The second-order valence-electron chi connectivity index (χ2n) is 4.93. The van der Waals surface area contributed by atoms with Crippen molar-refractivity contribution in [1.82, 2.24) is 4.98 Å². The molecule has 2 N–H and O–H groups in total. The van der Waals surface area contributed by atoms with Gasteiger partial charge in [0.15, 0.2) is 0 Å². The zero-order chi connectivity index (χ0) is 13.1. The number of pyridine rings is 1. The number of aromatic nitrogens is 1. The molecular weight excluding hydrogens is 220 g/mol. The van der Waals surface area contributed by atoms with E-state index in [0.717, 1.165) is 18.4 Å². The third-order valence-corrected chi connectivity index (χ3v) is 3.41. The summed E-state index contributed by atoms with van der Waals surface area (Å²) in [6, 6.07) is 8.49. The Hall–Kier alpha value is -1.83. The van der Waals surface area contributed by atoms with Crippen molar-refractivity contribution in [2.75, 3.05) is 5.73 Å². The molecule has 18 heavy (non-hydrogen) atoms. The van der Waals surface area contributed by atoms with Crippen molar-refractivity contribution in [3.8, 4) is 0 Å². The van der Waals surface area contributed by atoms with Crippen LogP contribution >= 0.6 is 0 Å². The van der Waals surface area contributed by atoms with Gasteiger partial charge in [-0.2, -0.15) is 0 Å². The molecule has 0 saturated carbocycles. The van der Waals surface area contributed by atoms with E-state index in [0.29, 0.717) is 5.82 Å². The lowest BCUT2D eigenvalue weighted by molar-refractivity contribution is 0.931. The Kier molecular flexibility index (Phi) is 3.66. The highest BCUT2D eigenvalue weighted by atomic mass is 14.8. The Labute approximate surface area is 109 Å². The Morgan fingerprint density at radius 2 is 1.72 bits per heavy atom. The predicted octanol–water partition coefficient (Wildman–Crippen LogP) is 3.37. The highest BCUT2D eigenvalue weighted by Gasteiger charge is 2.06. The molecule has 0 atom stereocenters. The van der Waals surface area contributed by atoms with Crippen molar-refractivity contribution in [1.29, 1.82) is 0 Å². The van der Waals surface area contributed by atoms with Crippen LogP contribution in [0.2, 0.25) is 0 Å². The molecule has 0 bridgehead atoms. The molecule has 0 aliphatic carbocycles. The average molecular weight is 240 g/mol. The fourth-order valence-electron chi connectivity index (χ4n) is 2.53. The maximum Gasteiger partial charge on any atom is 0.126 e. The number of nitrogen functional groups attached to an aromatic ring is 1. The monoisotopic (exact) mass is 240 g/mol. The maximum absolute atomic E-state index is 5.87. The van der Waals surface area contributed by atoms with Crippen molar-refractivity contribution < 1.29 is 0 Å². The summed E-state index contributed by atoms with van der Waals surface area (Å²) in [5, 5.41) is 0. The summed E-state index contributed by atoms with van der Waals surface area (Å²) in [4.78, 5) is 4.13. The van der Waals surface area contributed by atoms with E-state index >= 15 is 0 Å². The number of hydrogen-bond acceptors (Lipinski definition) is 2. The molecule has 94 valence electrons. The summed E-state index contributed by atoms with van der Waals surface area (Å²) in [6.45, 7) is 6.51. The van der Waals surface area contributed by atoms with Crippen molar-refractivity contribution in [2.45, 2.75) is 33.6 Å². The minimum absolute atomic E-state index is 0.653. The van der Waals surface area contributed by atoms with Gasteiger partial charge < -0.3 is 5.73 Å². The minimum atomic E-state index is 0.653. The molecule has 1 aromatic carbocycles. The van der Waals surface area contributed by atoms with Gasteiger partial charge in [-0.3, -0.25) is 0 Å². The summed E-state index contributed by atoms with van der Waals surface area (Å²) in [6.07, 6.45) is 3.71. The lowest BCUT2D eigenvalue weighted by Gasteiger charge is -2.12. The van der Waals surface area contributed by atoms with E-state index in [1.807, 2.05) is 6.07 Å². The highest BCUT2D eigenvalue weighted by Crippen LogP contribution is 2.19. The number of benzene rings is 1. The van der Waals surface area contributed by atoms with Gasteiger partial charge in [0, 0.05) is 6.20 Å². The van der Waals surface area contributed by atoms with Crippen molar-refractivity contribution in [3.05, 3.63) is 58.3 Å². The van der Waals surface area contributed by atoms with E-state index in [1.165, 1.54) is 22.3 Å². The van der Waals surface area contributed by atoms with Crippen molar-refractivity contribution in [3.63, 3.8) is 0 Å². The first-order chi connectivity index (χ1) is 8.58. The van der Waals surface area contributed by atoms with Crippen LogP contribution in [0.3, 0.4) is 0 Å². The first-order valence-electron chi connectivity index (χ1n) is 6.34. The summed E-state index contributed by atoms with van der Waals surface area (Å²) in [5.74, 6) is 0.653. The normalized spacial score (nSPS) is 10.6. The van der Waals surface area contributed by atoms with Gasteiger partial charge in [-0.05, 0) is 61.9 Å². The fourth-order valence-corrected chi connectivity index (χ4v) is 2.53. The molecule has 2 heteroatoms. The smallest absolute Gasteiger partial charge is 0.126 e. The molecule has 0 unspecified atom stereocenters. The lowest BCUT2D eigenvalue weighted by Crippen LogP contribution is -2.02. The highest BCUT2D eigenvalue weighted by molar-refractivity contribution is 5.41. The topological polar surface area (TPSA) is 38.9 Å². The number of rotatable bonds is 3. The molecule has 0 fully saturated rings. The van der Waals surface area contributed by atoms with Crippen LogP contribution in [0.25, 0.3) is 0 Å². The molecule has 0 aliphatic rings. The second kappa shape index (κ2) is 5.21. The van der Waals surface area contributed by atoms with Gasteiger partial charge in [0.05, 0.1) is 0 Å². The molecule has 0 amide bonds. The van der Waals surface area contributed by atoms with Gasteiger partial charge >= 0.3 is 0 Å². The van der Waals surface area contributed by atoms with Crippen LogP contribution in [-0.4, -0.2) is 4.98 Å². The number of nitrogens with zero attached hydrogens (tertiary/aromatic N) is 1. The zero-order valence-corrected chi connectivity index (χ0v) is 11.3. The molecular formula is C16H20N2. The number of anilines is 1. The Bertz CT molecular complexity index is 536. The van der Waals surface area contributed by atoms with Crippen LogP contribution in [0.1, 0.15) is 27.8 Å². The largest absolute Gasteiger partial charge is 0.383 e. The van der Waals surface area contributed by atoms with Gasteiger partial charge in [-0.15, -0.1) is 0 Å². The minimum Gasteiger partial charge on any atom is -0.383 e. The van der Waals surface area contributed by atoms with Crippen LogP contribution in [0.4, 0.5) is 5.82 Å². The second-order valence-corrected chi connectivity index (χ2v) is 4.93. The van der Waals surface area contributed by atoms with Gasteiger partial charge in [0.2, 0.25) is 0 Å². The number of nitrogens with two attached hydrogens (primary N) is 1. The molecule has 0 spiro atoms. The van der Waals surface area contributed by atoms with Gasteiger partial charge in [0.1, 0.15) is 5.82 Å². The van der Waals surface area contributed by atoms with Crippen LogP contribution in [0.5, 0.6) is 0 Å². The summed E-state index contributed by atoms with van der Waals surface area (Å²) < 4.78 is 0. The molecule has 1 heterocycles. The first kappa shape index (κ1) is 12.6. The van der Waals surface area contributed by atoms with Crippen LogP contribution in [0.15, 0.2) is 30.5 Å². The van der Waals surface area contributed by atoms with Gasteiger partial charge in [0.25, 0.3) is 0 Å². The van der Waals surface area contributed by atoms with Crippen LogP contribution < -0.4 is 5.73 Å². The summed E-state index contributed by atoms with van der Waals surface area (Å²) in [5.41, 5.74) is 12.5. The molecule has 2 nitrogen and oxygen atoms in total. The molecule has 2 rings (SSSR count). The molecule has 1 aromatic heterocycles. The number of aryl methyl sites for hydroxylation is 4. The van der Waals surface area contributed by atoms with Gasteiger partial charge in [-0.1, -0.05) is 23.8 Å². The Balaban J connectivity index is 2.19. The molecule has 0 saturated heterocycles. The summed E-state index contributed by atoms with van der Waals surface area (Å²) in [7, 11) is 0. The Morgan fingerprint density at radius 1 is 1.06 bits per heavy atom. The molecule has 0 radical (unpaired) electrons. The summed E-state index contributed by atoms with van der Waals surface area (Å²) >= 11 is 0. The van der Waals surface area contributed by atoms with E-state index in [4.69, 9.17) is 5.73 Å². The first-order valence-corrected chi connectivity index (χ1v) is 6.34. The van der Waals surface area contributed by atoms with E-state index < -0.39 is 0 Å². The standard InChI is InChI=1S/C16H20N2/c1-11-9-12(2)15(13(3)10-11)7-6-14-5-4-8-18-16(14)17/h4-5,8-10H,6-7H2,1-3H3,(H2,17,18). The molecule has 2 aromatic rings. The maximum atomic E-state index is 5.87. The lowest BCUT2D eigenvalue weighted by atomic mass is 9.95. The number of hydrogen-bond donors (Lipinski definition) is 1. The SMILES string of the molecule is Cc1cc(C)c(CCc2cccnc2N)c(C)c1. The average Bonchev–Trinajstić information content (AvgIpc) is 2.30. The predicted molar refractivity (Wildman–Crippen MR) is 76.7 cm³/mol. The quantitative estimate of drug-likeness (QED) is 0.893. The van der Waals surface area contributed by atoms with Crippen molar-refractivity contribution >= 4 is 5.82 Å². The Morgan fingerprint density at radius 3 is 2.33 bits per heavy atom. The molecule has 0 aliphatic heterocycles. The fraction of sp³-hybridized carbons (Fsp3) is 0.312. The van der Waals surface area contributed by atoms with E-state index in [1.54, 1.807) is 6.20 Å². The van der Waals surface area contributed by atoms with E-state index in [9.17, 15) is 0 Å². The van der Waals surface area contributed by atoms with Crippen LogP contribution in [-0.2, 0) is 12.8 Å². The van der Waals surface area contributed by atoms with Crippen molar-refractivity contribution in [2.24, 2.45) is 0 Å². The van der Waals surface area contributed by atoms with E-state index in [-0.39, 0.29) is 0 Å². The van der Waals surface area contributed by atoms with Crippen LogP contribution in [0, 0.1) is 20.8 Å². The zero-order valence-electron chi connectivity index (χ0n) is 11.3. The van der Waals surface area contributed by atoms with E-state index in [2.05, 4.69) is 44.0 Å². The third kappa shape index (κ3) is 2.70. The van der Waals surface area contributed by atoms with Gasteiger partial charge in [-0.25, -0.2) is 4.98 Å².